The fraction of sp³-hybridized carbons (Fsp3) is 0.750. The zero-order valence-corrected chi connectivity index (χ0v) is 10.7. The molecule has 0 aromatic rings. The molecule has 0 radical (unpaired) electrons. The Morgan fingerprint density at radius 3 is 2.44 bits per heavy atom. The molecule has 1 atom stereocenters. The van der Waals surface area contributed by atoms with Gasteiger partial charge in [0.2, 0.25) is 0 Å². The van der Waals surface area contributed by atoms with Crippen LogP contribution in [0.2, 0.25) is 0 Å². The number of hydrogen-bond acceptors (Lipinski definition) is 3. The van der Waals surface area contributed by atoms with Crippen molar-refractivity contribution in [1.82, 2.24) is 0 Å². The average molecular weight is 268 g/mol. The van der Waals surface area contributed by atoms with E-state index < -0.39 is 6.16 Å². The van der Waals surface area contributed by atoms with Gasteiger partial charge in [-0.2, -0.15) is 0 Å². The first-order valence-corrected chi connectivity index (χ1v) is 3.35. The third kappa shape index (κ3) is 12.8. The molecule has 0 spiro atoms. The maximum Gasteiger partial charge on any atom is 1.00 e. The number of alkyl halides is 1. The molecule has 0 saturated carbocycles. The van der Waals surface area contributed by atoms with Crippen LogP contribution in [0.1, 0.15) is 6.92 Å². The van der Waals surface area contributed by atoms with Crippen LogP contribution in [0.3, 0.4) is 0 Å². The van der Waals surface area contributed by atoms with Crippen molar-refractivity contribution in [3.63, 3.8) is 0 Å². The third-order valence-corrected chi connectivity index (χ3v) is 0.790. The second kappa shape index (κ2) is 7.74. The van der Waals surface area contributed by atoms with Crippen LogP contribution in [-0.2, 0) is 4.74 Å². The standard InChI is InChI=1S/C4H7IO3.K/c1-3(5)2-8-4(6)7;/h3H,2H2,1H3,(H,6,7);/q;+1/p-1. The number of halogens is 1. The van der Waals surface area contributed by atoms with Crippen molar-refractivity contribution in [2.24, 2.45) is 0 Å². The van der Waals surface area contributed by atoms with Gasteiger partial charge in [0.1, 0.15) is 0 Å². The molecule has 0 rings (SSSR count). The van der Waals surface area contributed by atoms with E-state index in [1.807, 2.05) is 6.92 Å². The van der Waals surface area contributed by atoms with E-state index >= 15 is 0 Å². The van der Waals surface area contributed by atoms with Crippen molar-refractivity contribution < 1.29 is 66.0 Å². The summed E-state index contributed by atoms with van der Waals surface area (Å²) in [6, 6.07) is 0. The topological polar surface area (TPSA) is 49.4 Å². The van der Waals surface area contributed by atoms with Gasteiger partial charge in [0.05, 0.1) is 0 Å². The van der Waals surface area contributed by atoms with E-state index in [0.717, 1.165) is 0 Å². The fourth-order valence-electron chi connectivity index (χ4n) is 0.183. The van der Waals surface area contributed by atoms with Crippen molar-refractivity contribution in [3.8, 4) is 0 Å². The van der Waals surface area contributed by atoms with E-state index in [2.05, 4.69) is 27.3 Å². The summed E-state index contributed by atoms with van der Waals surface area (Å²) in [4.78, 5) is 9.57. The summed E-state index contributed by atoms with van der Waals surface area (Å²) in [7, 11) is 0. The second-order valence-corrected chi connectivity index (χ2v) is 3.47. The van der Waals surface area contributed by atoms with Gasteiger partial charge in [-0.05, 0) is 0 Å². The van der Waals surface area contributed by atoms with Crippen LogP contribution in [0.25, 0.3) is 0 Å². The van der Waals surface area contributed by atoms with E-state index in [0.29, 0.717) is 0 Å². The van der Waals surface area contributed by atoms with Gasteiger partial charge in [-0.25, -0.2) is 0 Å². The molecule has 0 aromatic carbocycles. The number of carbonyl (C=O) groups excluding carboxylic acids is 1. The maximum absolute atomic E-state index is 9.57. The summed E-state index contributed by atoms with van der Waals surface area (Å²) in [6.07, 6.45) is -1.45. The predicted molar refractivity (Wildman–Crippen MR) is 34.8 cm³/mol. The van der Waals surface area contributed by atoms with Crippen molar-refractivity contribution >= 4 is 28.7 Å². The zero-order valence-electron chi connectivity index (χ0n) is 5.39. The molecule has 48 valence electrons. The summed E-state index contributed by atoms with van der Waals surface area (Å²) >= 11 is 2.06. The van der Waals surface area contributed by atoms with Crippen molar-refractivity contribution in [2.75, 3.05) is 6.61 Å². The van der Waals surface area contributed by atoms with Crippen LogP contribution < -0.4 is 56.5 Å². The summed E-state index contributed by atoms with van der Waals surface area (Å²) in [5, 5.41) is 9.57. The van der Waals surface area contributed by atoms with Crippen LogP contribution in [0.5, 0.6) is 0 Å². The number of carbonyl (C=O) groups is 1. The van der Waals surface area contributed by atoms with Gasteiger partial charge in [-0.15, -0.1) is 0 Å². The van der Waals surface area contributed by atoms with Gasteiger partial charge in [0.25, 0.3) is 6.16 Å². The molecule has 1 unspecified atom stereocenters. The monoisotopic (exact) mass is 268 g/mol. The summed E-state index contributed by atoms with van der Waals surface area (Å²) in [5.74, 6) is 0. The van der Waals surface area contributed by atoms with Crippen LogP contribution >= 0.6 is 22.6 Å². The van der Waals surface area contributed by atoms with E-state index in [-0.39, 0.29) is 61.9 Å². The van der Waals surface area contributed by atoms with E-state index in [1.54, 1.807) is 0 Å². The third-order valence-electron chi connectivity index (χ3n) is 0.431. The van der Waals surface area contributed by atoms with Crippen molar-refractivity contribution in [2.45, 2.75) is 10.8 Å². The predicted octanol–water partition coefficient (Wildman–Crippen LogP) is -2.83. The van der Waals surface area contributed by atoms with Crippen LogP contribution in [-0.4, -0.2) is 16.7 Å². The molecule has 3 nitrogen and oxygen atoms in total. The minimum absolute atomic E-state index is 0. The van der Waals surface area contributed by atoms with Gasteiger partial charge in [-0.1, -0.05) is 29.5 Å². The molecule has 0 bridgehead atoms. The molecule has 0 aromatic heterocycles. The molecule has 9 heavy (non-hydrogen) atoms. The number of carboxylic acid groups (broad SMARTS) is 1. The smallest absolute Gasteiger partial charge is 0.549 e. The number of rotatable bonds is 2. The first-order chi connectivity index (χ1) is 3.63. The molecule has 0 N–H and O–H groups in total. The molecule has 0 aliphatic heterocycles. The Balaban J connectivity index is 0. The Bertz CT molecular complexity index is 85.9. The minimum Gasteiger partial charge on any atom is -0.549 e. The number of ether oxygens (including phenoxy) is 1. The van der Waals surface area contributed by atoms with Gasteiger partial charge in [-0.3, -0.25) is 0 Å². The van der Waals surface area contributed by atoms with Gasteiger partial charge in [0, 0.05) is 10.5 Å². The Morgan fingerprint density at radius 2 is 2.33 bits per heavy atom. The fourth-order valence-corrected chi connectivity index (χ4v) is 0.363. The van der Waals surface area contributed by atoms with Crippen LogP contribution in [0.15, 0.2) is 0 Å². The van der Waals surface area contributed by atoms with E-state index in [9.17, 15) is 9.90 Å². The molecule has 5 heteroatoms. The molecule has 0 saturated heterocycles. The molecule has 0 aliphatic carbocycles. The average Bonchev–Trinajstić information content (AvgIpc) is 1.61. The van der Waals surface area contributed by atoms with Crippen molar-refractivity contribution in [3.05, 3.63) is 0 Å². The Kier molecular flexibility index (Phi) is 11.4. The summed E-state index contributed by atoms with van der Waals surface area (Å²) < 4.78 is 4.31. The summed E-state index contributed by atoms with van der Waals surface area (Å²) in [5.41, 5.74) is 0. The van der Waals surface area contributed by atoms with Crippen LogP contribution in [0, 0.1) is 0 Å². The first-order valence-electron chi connectivity index (χ1n) is 2.10. The Hall–Kier alpha value is 1.64. The molecular weight excluding hydrogens is 262 g/mol. The van der Waals surface area contributed by atoms with Gasteiger partial charge >= 0.3 is 51.4 Å². The molecule has 0 fully saturated rings. The quantitative estimate of drug-likeness (QED) is 0.235. The molecule has 0 heterocycles. The normalized spacial score (nSPS) is 11.3. The minimum atomic E-state index is -1.45. The summed E-state index contributed by atoms with van der Waals surface area (Å²) in [6.45, 7) is 2.06. The largest absolute Gasteiger partial charge is 1.00 e. The van der Waals surface area contributed by atoms with Gasteiger partial charge in [0.15, 0.2) is 0 Å². The molecule has 0 aliphatic rings. The Morgan fingerprint density at radius 1 is 1.89 bits per heavy atom. The van der Waals surface area contributed by atoms with Gasteiger partial charge < -0.3 is 14.6 Å². The number of hydrogen-bond donors (Lipinski definition) is 0. The first kappa shape index (κ1) is 13.2. The SMILES string of the molecule is CC(I)COC(=O)[O-].[K+]. The van der Waals surface area contributed by atoms with Crippen LogP contribution in [0.4, 0.5) is 4.79 Å². The van der Waals surface area contributed by atoms with E-state index in [1.165, 1.54) is 0 Å². The van der Waals surface area contributed by atoms with Crippen molar-refractivity contribution in [1.29, 1.82) is 0 Å². The zero-order chi connectivity index (χ0) is 6.57. The maximum atomic E-state index is 9.57. The molecular formula is C4H6IKO3. The van der Waals surface area contributed by atoms with E-state index in [4.69, 9.17) is 0 Å². The molecule has 0 amide bonds. The second-order valence-electron chi connectivity index (χ2n) is 1.34. The Labute approximate surface area is 110 Å².